The Balaban J connectivity index is 1.19. The van der Waals surface area contributed by atoms with E-state index in [4.69, 9.17) is 21.1 Å². The van der Waals surface area contributed by atoms with E-state index in [-0.39, 0.29) is 18.6 Å². The number of hydrogen-bond donors (Lipinski definition) is 2. The van der Waals surface area contributed by atoms with Gasteiger partial charge in [-0.2, -0.15) is 0 Å². The molecule has 0 aliphatic carbocycles. The molecule has 6 nitrogen and oxygen atoms in total. The van der Waals surface area contributed by atoms with Crippen LogP contribution in [0.15, 0.2) is 42.5 Å². The van der Waals surface area contributed by atoms with Crippen LogP contribution in [0.1, 0.15) is 24.8 Å². The second-order valence-electron chi connectivity index (χ2n) is 7.90. The molecule has 2 aliphatic rings. The number of β-amino-alcohol motifs (C(OH)–C–C–N with tert-alkyl or cyclic N) is 1. The molecule has 2 aromatic rings. The largest absolute Gasteiger partial charge is 0.491 e. The summed E-state index contributed by atoms with van der Waals surface area (Å²) < 4.78 is 11.8. The molecule has 2 aliphatic heterocycles. The Kier molecular flexibility index (Phi) is 6.77. The van der Waals surface area contributed by atoms with E-state index in [0.717, 1.165) is 49.4 Å². The van der Waals surface area contributed by atoms with Crippen LogP contribution >= 0.6 is 11.6 Å². The molecule has 4 rings (SSSR count). The van der Waals surface area contributed by atoms with E-state index in [2.05, 4.69) is 10.2 Å². The number of piperidine rings is 1. The normalized spacial score (nSPS) is 18.4. The molecule has 7 heteroatoms. The van der Waals surface area contributed by atoms with Crippen molar-refractivity contribution in [3.05, 3.63) is 53.1 Å². The molecule has 2 heterocycles. The number of fused-ring (bicyclic) bond motifs is 1. The summed E-state index contributed by atoms with van der Waals surface area (Å²) in [6.45, 7) is 2.59. The van der Waals surface area contributed by atoms with Gasteiger partial charge in [0.25, 0.3) is 0 Å². The van der Waals surface area contributed by atoms with Crippen LogP contribution < -0.4 is 14.8 Å². The summed E-state index contributed by atoms with van der Waals surface area (Å²) in [5.41, 5.74) is 2.02. The molecule has 0 spiro atoms. The van der Waals surface area contributed by atoms with Crippen LogP contribution in [0.5, 0.6) is 11.5 Å². The van der Waals surface area contributed by atoms with Crippen molar-refractivity contribution in [3.63, 3.8) is 0 Å². The minimum absolute atomic E-state index is 0.0734. The number of halogens is 1. The summed E-state index contributed by atoms with van der Waals surface area (Å²) in [6.07, 6.45) is 2.73. The van der Waals surface area contributed by atoms with Gasteiger partial charge in [0, 0.05) is 36.8 Å². The fraction of sp³-hybridized carbons (Fsp3) is 0.435. The molecule has 1 unspecified atom stereocenters. The molecule has 1 saturated heterocycles. The molecule has 1 fully saturated rings. The highest BCUT2D eigenvalue weighted by molar-refractivity contribution is 6.30. The van der Waals surface area contributed by atoms with Crippen LogP contribution in [0.3, 0.4) is 0 Å². The van der Waals surface area contributed by atoms with E-state index in [0.29, 0.717) is 23.7 Å². The van der Waals surface area contributed by atoms with Gasteiger partial charge >= 0.3 is 0 Å². The van der Waals surface area contributed by atoms with E-state index in [9.17, 15) is 9.90 Å². The summed E-state index contributed by atoms with van der Waals surface area (Å²) in [7, 11) is 0. The average molecular weight is 431 g/mol. The number of carbonyl (C=O) groups is 1. The standard InChI is InChI=1S/C23H27ClN2O4/c24-17-2-4-19(5-3-17)29-15-18(27)14-26-11-9-20(10-12-26)30-21-6-7-22-16(13-21)1-8-23(28)25-22/h2-7,13,18,20,27H,1,8-12,14-15H2,(H,25,28). The molecule has 0 saturated carbocycles. The number of nitrogens with one attached hydrogen (secondary N) is 1. The van der Waals surface area contributed by atoms with Gasteiger partial charge in [0.1, 0.15) is 30.3 Å². The smallest absolute Gasteiger partial charge is 0.224 e. The highest BCUT2D eigenvalue weighted by Gasteiger charge is 2.23. The van der Waals surface area contributed by atoms with Gasteiger partial charge in [0.15, 0.2) is 0 Å². The maximum atomic E-state index is 11.5. The Morgan fingerprint density at radius 2 is 1.83 bits per heavy atom. The fourth-order valence-electron chi connectivity index (χ4n) is 3.91. The Morgan fingerprint density at radius 1 is 1.10 bits per heavy atom. The summed E-state index contributed by atoms with van der Waals surface area (Å²) in [5.74, 6) is 1.64. The monoisotopic (exact) mass is 430 g/mol. The van der Waals surface area contributed by atoms with Gasteiger partial charge < -0.3 is 24.8 Å². The molecule has 1 atom stereocenters. The second kappa shape index (κ2) is 9.69. The molecular weight excluding hydrogens is 404 g/mol. The lowest BCUT2D eigenvalue weighted by atomic mass is 10.0. The van der Waals surface area contributed by atoms with Gasteiger partial charge in [-0.25, -0.2) is 0 Å². The molecule has 160 valence electrons. The number of hydrogen-bond acceptors (Lipinski definition) is 5. The number of amides is 1. The topological polar surface area (TPSA) is 71.0 Å². The summed E-state index contributed by atoms with van der Waals surface area (Å²) in [4.78, 5) is 13.7. The highest BCUT2D eigenvalue weighted by atomic mass is 35.5. The van der Waals surface area contributed by atoms with Crippen molar-refractivity contribution in [2.24, 2.45) is 0 Å². The third kappa shape index (κ3) is 5.65. The minimum atomic E-state index is -0.547. The van der Waals surface area contributed by atoms with Crippen molar-refractivity contribution in [3.8, 4) is 11.5 Å². The van der Waals surface area contributed by atoms with E-state index < -0.39 is 6.10 Å². The molecule has 0 bridgehead atoms. The molecule has 2 N–H and O–H groups in total. The maximum absolute atomic E-state index is 11.5. The maximum Gasteiger partial charge on any atom is 0.224 e. The Hall–Kier alpha value is -2.28. The van der Waals surface area contributed by atoms with Crippen LogP contribution in [0.25, 0.3) is 0 Å². The number of benzene rings is 2. The van der Waals surface area contributed by atoms with Gasteiger partial charge in [-0.3, -0.25) is 4.79 Å². The van der Waals surface area contributed by atoms with Gasteiger partial charge in [0.05, 0.1) is 0 Å². The number of rotatable bonds is 7. The zero-order valence-corrected chi connectivity index (χ0v) is 17.6. The summed E-state index contributed by atoms with van der Waals surface area (Å²) in [6, 6.07) is 13.0. The fourth-order valence-corrected chi connectivity index (χ4v) is 4.04. The van der Waals surface area contributed by atoms with E-state index in [1.165, 1.54) is 0 Å². The molecule has 1 amide bonds. The predicted molar refractivity (Wildman–Crippen MR) is 116 cm³/mol. The van der Waals surface area contributed by atoms with Crippen molar-refractivity contribution in [1.82, 2.24) is 4.90 Å². The highest BCUT2D eigenvalue weighted by Crippen LogP contribution is 2.28. The van der Waals surface area contributed by atoms with Gasteiger partial charge in [-0.05, 0) is 67.3 Å². The SMILES string of the molecule is O=C1CCc2cc(OC3CCN(CC(O)COc4ccc(Cl)cc4)CC3)ccc2N1. The predicted octanol–water partition coefficient (Wildman–Crippen LogP) is 3.51. The van der Waals surface area contributed by atoms with Crippen molar-refractivity contribution in [1.29, 1.82) is 0 Å². The molecule has 30 heavy (non-hydrogen) atoms. The van der Waals surface area contributed by atoms with Gasteiger partial charge in [-0.1, -0.05) is 11.6 Å². The lowest BCUT2D eigenvalue weighted by Crippen LogP contribution is -2.43. The van der Waals surface area contributed by atoms with Crippen LogP contribution in [-0.4, -0.2) is 54.4 Å². The van der Waals surface area contributed by atoms with Gasteiger partial charge in [0.2, 0.25) is 5.91 Å². The molecule has 0 aromatic heterocycles. The number of aliphatic hydroxyl groups excluding tert-OH is 1. The summed E-state index contributed by atoms with van der Waals surface area (Å²) in [5, 5.41) is 13.9. The number of carbonyl (C=O) groups excluding carboxylic acids is 1. The second-order valence-corrected chi connectivity index (χ2v) is 8.34. The first-order valence-corrected chi connectivity index (χ1v) is 10.8. The summed E-state index contributed by atoms with van der Waals surface area (Å²) >= 11 is 5.87. The Bertz CT molecular complexity index is 866. The molecular formula is C23H27ClN2O4. The van der Waals surface area contributed by atoms with Gasteiger partial charge in [-0.15, -0.1) is 0 Å². The Labute approximate surface area is 181 Å². The lowest BCUT2D eigenvalue weighted by molar-refractivity contribution is -0.116. The number of aryl methyl sites for hydroxylation is 1. The number of anilines is 1. The number of likely N-dealkylation sites (tertiary alicyclic amines) is 1. The van der Waals surface area contributed by atoms with Crippen LogP contribution in [0, 0.1) is 0 Å². The minimum Gasteiger partial charge on any atom is -0.491 e. The van der Waals surface area contributed by atoms with E-state index in [1.54, 1.807) is 24.3 Å². The zero-order chi connectivity index (χ0) is 20.9. The van der Waals surface area contributed by atoms with Crippen LogP contribution in [0.2, 0.25) is 5.02 Å². The Morgan fingerprint density at radius 3 is 2.60 bits per heavy atom. The van der Waals surface area contributed by atoms with Crippen molar-refractivity contribution in [2.75, 3.05) is 31.6 Å². The first-order valence-electron chi connectivity index (χ1n) is 10.4. The third-order valence-corrected chi connectivity index (χ3v) is 5.79. The number of ether oxygens (including phenoxy) is 2. The first-order chi connectivity index (χ1) is 14.5. The van der Waals surface area contributed by atoms with E-state index >= 15 is 0 Å². The van der Waals surface area contributed by atoms with Crippen molar-refractivity contribution < 1.29 is 19.4 Å². The molecule has 2 aromatic carbocycles. The van der Waals surface area contributed by atoms with E-state index in [1.807, 2.05) is 18.2 Å². The first kappa shape index (κ1) is 21.0. The zero-order valence-electron chi connectivity index (χ0n) is 16.9. The third-order valence-electron chi connectivity index (χ3n) is 5.53. The number of aliphatic hydroxyl groups is 1. The van der Waals surface area contributed by atoms with Crippen molar-refractivity contribution >= 4 is 23.2 Å². The average Bonchev–Trinajstić information content (AvgIpc) is 2.75. The van der Waals surface area contributed by atoms with Crippen LogP contribution in [0.4, 0.5) is 5.69 Å². The molecule has 0 radical (unpaired) electrons. The quantitative estimate of drug-likeness (QED) is 0.703. The van der Waals surface area contributed by atoms with Crippen LogP contribution in [-0.2, 0) is 11.2 Å². The lowest BCUT2D eigenvalue weighted by Gasteiger charge is -2.33. The van der Waals surface area contributed by atoms with Crippen molar-refractivity contribution in [2.45, 2.75) is 37.9 Å². The number of nitrogens with zero attached hydrogens (tertiary/aromatic N) is 1.